The molecule has 0 bridgehead atoms. The first-order valence-corrected chi connectivity index (χ1v) is 5.93. The fourth-order valence-corrected chi connectivity index (χ4v) is 2.34. The molecule has 0 fully saturated rings. The quantitative estimate of drug-likeness (QED) is 0.820. The van der Waals surface area contributed by atoms with E-state index in [0.717, 1.165) is 4.90 Å². The van der Waals surface area contributed by atoms with E-state index in [2.05, 4.69) is 0 Å². The van der Waals surface area contributed by atoms with Gasteiger partial charge in [-0.05, 0) is 36.4 Å². The van der Waals surface area contributed by atoms with Crippen molar-refractivity contribution in [2.45, 2.75) is 9.79 Å². The summed E-state index contributed by atoms with van der Waals surface area (Å²) in [5, 5.41) is 17.6. The Labute approximate surface area is 108 Å². The zero-order valence-electron chi connectivity index (χ0n) is 9.22. The van der Waals surface area contributed by atoms with E-state index in [-0.39, 0.29) is 5.56 Å². The second-order valence-electron chi connectivity index (χ2n) is 3.46. The Morgan fingerprint density at radius 3 is 2.28 bits per heavy atom. The van der Waals surface area contributed by atoms with Gasteiger partial charge in [-0.15, -0.1) is 0 Å². The monoisotopic (exact) mass is 254 g/mol. The van der Waals surface area contributed by atoms with Crippen molar-refractivity contribution >= 4 is 11.8 Å². The molecule has 0 N–H and O–H groups in total. The van der Waals surface area contributed by atoms with Gasteiger partial charge in [-0.2, -0.15) is 10.5 Å². The topological polar surface area (TPSA) is 47.6 Å². The van der Waals surface area contributed by atoms with Crippen LogP contribution in [0.1, 0.15) is 11.1 Å². The molecule has 0 amide bonds. The van der Waals surface area contributed by atoms with Gasteiger partial charge < -0.3 is 0 Å². The molecule has 0 aliphatic rings. The van der Waals surface area contributed by atoms with Crippen LogP contribution >= 0.6 is 11.8 Å². The summed E-state index contributed by atoms with van der Waals surface area (Å²) in [6.07, 6.45) is 0. The fourth-order valence-electron chi connectivity index (χ4n) is 1.42. The third-order valence-corrected chi connectivity index (χ3v) is 3.37. The van der Waals surface area contributed by atoms with Crippen molar-refractivity contribution in [1.82, 2.24) is 0 Å². The van der Waals surface area contributed by atoms with E-state index >= 15 is 0 Å². The second kappa shape index (κ2) is 5.35. The molecule has 0 aliphatic heterocycles. The predicted octanol–water partition coefficient (Wildman–Crippen LogP) is 3.72. The average molecular weight is 254 g/mol. The minimum Gasteiger partial charge on any atom is -0.206 e. The molecule has 0 atom stereocenters. The van der Waals surface area contributed by atoms with Crippen LogP contribution in [0.15, 0.2) is 52.3 Å². The summed E-state index contributed by atoms with van der Waals surface area (Å²) in [5.41, 5.74) is 0.617. The first kappa shape index (κ1) is 12.2. The molecule has 0 radical (unpaired) electrons. The molecule has 4 heteroatoms. The average Bonchev–Trinajstić information content (AvgIpc) is 2.40. The van der Waals surface area contributed by atoms with Crippen LogP contribution in [0.2, 0.25) is 0 Å². The standard InChI is InChI=1S/C14H7FN2S/c15-13-2-1-3-14(12(13)9-17)18-11-6-4-10(8-16)5-7-11/h1-7H. The summed E-state index contributed by atoms with van der Waals surface area (Å²) >= 11 is 1.30. The van der Waals surface area contributed by atoms with Crippen LogP contribution in [-0.2, 0) is 0 Å². The lowest BCUT2D eigenvalue weighted by Crippen LogP contribution is -1.87. The number of rotatable bonds is 2. The molecule has 2 aromatic rings. The van der Waals surface area contributed by atoms with Crippen molar-refractivity contribution in [2.24, 2.45) is 0 Å². The van der Waals surface area contributed by atoms with Gasteiger partial charge in [0.05, 0.1) is 11.6 Å². The Kier molecular flexibility index (Phi) is 3.62. The highest BCUT2D eigenvalue weighted by atomic mass is 32.2. The van der Waals surface area contributed by atoms with Gasteiger partial charge in [-0.1, -0.05) is 17.8 Å². The number of nitriles is 2. The predicted molar refractivity (Wildman–Crippen MR) is 66.4 cm³/mol. The summed E-state index contributed by atoms with van der Waals surface area (Å²) in [6, 6.07) is 15.3. The maximum atomic E-state index is 13.4. The molecule has 0 saturated heterocycles. The van der Waals surface area contributed by atoms with Crippen LogP contribution < -0.4 is 0 Å². The number of hydrogen-bond acceptors (Lipinski definition) is 3. The van der Waals surface area contributed by atoms with E-state index in [1.54, 1.807) is 36.4 Å². The zero-order chi connectivity index (χ0) is 13.0. The lowest BCUT2D eigenvalue weighted by atomic mass is 10.2. The molecule has 0 aliphatic carbocycles. The van der Waals surface area contributed by atoms with Crippen molar-refractivity contribution in [3.05, 3.63) is 59.4 Å². The van der Waals surface area contributed by atoms with Crippen LogP contribution in [0, 0.1) is 28.5 Å². The summed E-state index contributed by atoms with van der Waals surface area (Å²) < 4.78 is 13.4. The van der Waals surface area contributed by atoms with Gasteiger partial charge in [-0.3, -0.25) is 0 Å². The van der Waals surface area contributed by atoms with Crippen LogP contribution in [0.4, 0.5) is 4.39 Å². The minimum atomic E-state index is -0.517. The highest BCUT2D eigenvalue weighted by Crippen LogP contribution is 2.31. The van der Waals surface area contributed by atoms with Crippen molar-refractivity contribution in [2.75, 3.05) is 0 Å². The molecule has 18 heavy (non-hydrogen) atoms. The summed E-state index contributed by atoms with van der Waals surface area (Å²) in [5.74, 6) is -0.517. The molecule has 86 valence electrons. The second-order valence-corrected chi connectivity index (χ2v) is 4.58. The molecular formula is C14H7FN2S. The lowest BCUT2D eigenvalue weighted by Gasteiger charge is -2.04. The van der Waals surface area contributed by atoms with Crippen molar-refractivity contribution in [3.8, 4) is 12.1 Å². The first-order chi connectivity index (χ1) is 8.74. The SMILES string of the molecule is N#Cc1ccc(Sc2cccc(F)c2C#N)cc1. The zero-order valence-corrected chi connectivity index (χ0v) is 10.0. The number of halogens is 1. The van der Waals surface area contributed by atoms with E-state index in [0.29, 0.717) is 10.5 Å². The van der Waals surface area contributed by atoms with Gasteiger partial charge in [0, 0.05) is 9.79 Å². The lowest BCUT2D eigenvalue weighted by molar-refractivity contribution is 0.620. The van der Waals surface area contributed by atoms with E-state index in [9.17, 15) is 4.39 Å². The summed E-state index contributed by atoms with van der Waals surface area (Å²) in [7, 11) is 0. The molecule has 2 nitrogen and oxygen atoms in total. The van der Waals surface area contributed by atoms with Gasteiger partial charge in [0.15, 0.2) is 0 Å². The van der Waals surface area contributed by atoms with Gasteiger partial charge in [0.2, 0.25) is 0 Å². The molecule has 0 heterocycles. The normalized spacial score (nSPS) is 9.50. The first-order valence-electron chi connectivity index (χ1n) is 5.11. The molecule has 0 saturated carbocycles. The highest BCUT2D eigenvalue weighted by Gasteiger charge is 2.08. The Morgan fingerprint density at radius 1 is 0.944 bits per heavy atom. The van der Waals surface area contributed by atoms with Crippen LogP contribution in [-0.4, -0.2) is 0 Å². The molecule has 0 aromatic heterocycles. The maximum absolute atomic E-state index is 13.4. The van der Waals surface area contributed by atoms with Gasteiger partial charge in [0.25, 0.3) is 0 Å². The van der Waals surface area contributed by atoms with Crippen molar-refractivity contribution in [3.63, 3.8) is 0 Å². The van der Waals surface area contributed by atoms with Crippen molar-refractivity contribution < 1.29 is 4.39 Å². The van der Waals surface area contributed by atoms with E-state index in [4.69, 9.17) is 10.5 Å². The Balaban J connectivity index is 2.32. The Bertz CT molecular complexity index is 651. The van der Waals surface area contributed by atoms with E-state index in [1.165, 1.54) is 17.8 Å². The van der Waals surface area contributed by atoms with Gasteiger partial charge >= 0.3 is 0 Å². The highest BCUT2D eigenvalue weighted by molar-refractivity contribution is 7.99. The van der Waals surface area contributed by atoms with E-state index in [1.807, 2.05) is 12.1 Å². The maximum Gasteiger partial charge on any atom is 0.142 e. The third kappa shape index (κ3) is 2.51. The smallest absolute Gasteiger partial charge is 0.142 e. The van der Waals surface area contributed by atoms with E-state index < -0.39 is 5.82 Å². The number of hydrogen-bond donors (Lipinski definition) is 0. The number of benzene rings is 2. The fraction of sp³-hybridized carbons (Fsp3) is 0. The summed E-state index contributed by atoms with van der Waals surface area (Å²) in [4.78, 5) is 1.43. The van der Waals surface area contributed by atoms with Crippen LogP contribution in [0.25, 0.3) is 0 Å². The van der Waals surface area contributed by atoms with Crippen LogP contribution in [0.5, 0.6) is 0 Å². The summed E-state index contributed by atoms with van der Waals surface area (Å²) in [6.45, 7) is 0. The van der Waals surface area contributed by atoms with Gasteiger partial charge in [-0.25, -0.2) is 4.39 Å². The van der Waals surface area contributed by atoms with Gasteiger partial charge in [0.1, 0.15) is 17.4 Å². The number of nitrogens with zero attached hydrogens (tertiary/aromatic N) is 2. The third-order valence-electron chi connectivity index (χ3n) is 2.30. The Morgan fingerprint density at radius 2 is 1.67 bits per heavy atom. The largest absolute Gasteiger partial charge is 0.206 e. The molecular weight excluding hydrogens is 247 g/mol. The van der Waals surface area contributed by atoms with Crippen molar-refractivity contribution in [1.29, 1.82) is 10.5 Å². The molecule has 2 rings (SSSR count). The van der Waals surface area contributed by atoms with Crippen LogP contribution in [0.3, 0.4) is 0 Å². The molecule has 0 unspecified atom stereocenters. The minimum absolute atomic E-state index is 0.0480. The Hall–Kier alpha value is -2.30. The molecule has 0 spiro atoms. The molecule has 2 aromatic carbocycles.